The molecule has 0 aliphatic carbocycles. The molecule has 0 bridgehead atoms. The van der Waals surface area contributed by atoms with Gasteiger partial charge in [-0.3, -0.25) is 4.79 Å². The molecule has 2 aromatic carbocycles. The van der Waals surface area contributed by atoms with Gasteiger partial charge in [0.15, 0.2) is 11.5 Å². The molecule has 3 aromatic rings. The molecular formula is C22H23N3O4. The third-order valence-corrected chi connectivity index (χ3v) is 5.03. The number of hydrogen-bond donors (Lipinski definition) is 1. The van der Waals surface area contributed by atoms with Crippen LogP contribution in [0.15, 0.2) is 48.7 Å². The number of aromatic nitrogens is 2. The van der Waals surface area contributed by atoms with Crippen LogP contribution in [0.3, 0.4) is 0 Å². The fourth-order valence-electron chi connectivity index (χ4n) is 3.68. The van der Waals surface area contributed by atoms with E-state index in [0.717, 1.165) is 22.6 Å². The molecule has 150 valence electrons. The highest BCUT2D eigenvalue weighted by atomic mass is 16.5. The van der Waals surface area contributed by atoms with Crippen molar-refractivity contribution in [1.29, 1.82) is 0 Å². The van der Waals surface area contributed by atoms with E-state index in [-0.39, 0.29) is 11.8 Å². The number of ether oxygens (including phenoxy) is 3. The Balaban J connectivity index is 1.80. The van der Waals surface area contributed by atoms with Gasteiger partial charge in [0.1, 0.15) is 11.6 Å². The van der Waals surface area contributed by atoms with Crippen LogP contribution in [-0.4, -0.2) is 36.5 Å². The molecule has 0 radical (unpaired) electrons. The highest BCUT2D eigenvalue weighted by Crippen LogP contribution is 2.44. The number of rotatable bonds is 6. The van der Waals surface area contributed by atoms with Gasteiger partial charge in [-0.25, -0.2) is 4.68 Å². The number of nitrogens with one attached hydrogen (secondary N) is 1. The molecule has 1 aliphatic rings. The fourth-order valence-corrected chi connectivity index (χ4v) is 3.68. The third-order valence-electron chi connectivity index (χ3n) is 5.03. The largest absolute Gasteiger partial charge is 0.497 e. The molecule has 1 amide bonds. The Kier molecular flexibility index (Phi) is 5.12. The molecule has 4 rings (SSSR count). The van der Waals surface area contributed by atoms with Gasteiger partial charge in [-0.15, -0.1) is 0 Å². The first-order valence-corrected chi connectivity index (χ1v) is 9.48. The van der Waals surface area contributed by atoms with Crippen molar-refractivity contribution in [1.82, 2.24) is 9.78 Å². The summed E-state index contributed by atoms with van der Waals surface area (Å²) in [5.41, 5.74) is 2.69. The summed E-state index contributed by atoms with van der Waals surface area (Å²) in [5.74, 6) is 2.50. The van der Waals surface area contributed by atoms with Gasteiger partial charge in [-0.05, 0) is 37.3 Å². The molecule has 0 fully saturated rings. The summed E-state index contributed by atoms with van der Waals surface area (Å²) in [6, 6.07) is 13.3. The van der Waals surface area contributed by atoms with E-state index in [1.54, 1.807) is 25.1 Å². The summed E-state index contributed by atoms with van der Waals surface area (Å²) in [5, 5.41) is 7.51. The van der Waals surface area contributed by atoms with E-state index in [1.165, 1.54) is 0 Å². The quantitative estimate of drug-likeness (QED) is 0.690. The first-order valence-electron chi connectivity index (χ1n) is 9.48. The lowest BCUT2D eigenvalue weighted by atomic mass is 9.86. The second-order valence-electron chi connectivity index (χ2n) is 6.67. The molecule has 0 spiro atoms. The van der Waals surface area contributed by atoms with Crippen LogP contribution >= 0.6 is 0 Å². The van der Waals surface area contributed by atoms with Crippen molar-refractivity contribution in [2.45, 2.75) is 19.3 Å². The normalized spacial score (nSPS) is 15.4. The smallest absolute Gasteiger partial charge is 0.226 e. The number of hydrogen-bond acceptors (Lipinski definition) is 5. The van der Waals surface area contributed by atoms with Crippen LogP contribution in [0.2, 0.25) is 0 Å². The van der Waals surface area contributed by atoms with Crippen LogP contribution in [0.25, 0.3) is 5.69 Å². The Labute approximate surface area is 169 Å². The van der Waals surface area contributed by atoms with Crippen molar-refractivity contribution in [3.63, 3.8) is 0 Å². The monoisotopic (exact) mass is 393 g/mol. The molecule has 1 unspecified atom stereocenters. The summed E-state index contributed by atoms with van der Waals surface area (Å²) >= 11 is 0. The maximum absolute atomic E-state index is 12.6. The van der Waals surface area contributed by atoms with Crippen LogP contribution < -0.4 is 19.5 Å². The van der Waals surface area contributed by atoms with Gasteiger partial charge < -0.3 is 19.5 Å². The number of nitrogens with zero attached hydrogens (tertiary/aromatic N) is 2. The molecule has 7 nitrogen and oxygen atoms in total. The molecule has 1 aromatic heterocycles. The standard InChI is InChI=1S/C22H23N3O4/c1-4-29-21-16(6-5-7-19(21)28-3)17-12-20(26)24-22-18(17)13-23-25(22)14-8-10-15(27-2)11-9-14/h5-11,13,17H,4,12H2,1-3H3,(H,24,26). The number of carbonyl (C=O) groups excluding carboxylic acids is 1. The summed E-state index contributed by atoms with van der Waals surface area (Å²) in [6.45, 7) is 2.43. The number of carbonyl (C=O) groups is 1. The van der Waals surface area contributed by atoms with Crippen LogP contribution in [0, 0.1) is 0 Å². The third kappa shape index (κ3) is 3.40. The van der Waals surface area contributed by atoms with Gasteiger partial charge in [0.05, 0.1) is 32.7 Å². The maximum Gasteiger partial charge on any atom is 0.226 e. The predicted molar refractivity (Wildman–Crippen MR) is 109 cm³/mol. The molecule has 0 saturated heterocycles. The van der Waals surface area contributed by atoms with Crippen molar-refractivity contribution in [3.05, 3.63) is 59.8 Å². The van der Waals surface area contributed by atoms with E-state index in [4.69, 9.17) is 14.2 Å². The molecule has 1 aliphatic heterocycles. The second-order valence-corrected chi connectivity index (χ2v) is 6.67. The number of fused-ring (bicyclic) bond motifs is 1. The minimum atomic E-state index is -0.178. The first kappa shape index (κ1) is 18.9. The number of methoxy groups -OCH3 is 2. The number of benzene rings is 2. The number of amides is 1. The van der Waals surface area contributed by atoms with E-state index in [2.05, 4.69) is 10.4 Å². The predicted octanol–water partition coefficient (Wildman–Crippen LogP) is 3.76. The Morgan fingerprint density at radius 3 is 2.59 bits per heavy atom. The van der Waals surface area contributed by atoms with E-state index in [1.807, 2.05) is 49.4 Å². The highest BCUT2D eigenvalue weighted by Gasteiger charge is 2.33. The summed E-state index contributed by atoms with van der Waals surface area (Å²) in [7, 11) is 3.24. The fraction of sp³-hybridized carbons (Fsp3) is 0.273. The van der Waals surface area contributed by atoms with Gasteiger partial charge in [-0.2, -0.15) is 5.10 Å². The van der Waals surface area contributed by atoms with E-state index >= 15 is 0 Å². The summed E-state index contributed by atoms with van der Waals surface area (Å²) in [6.07, 6.45) is 2.12. The van der Waals surface area contributed by atoms with Crippen molar-refractivity contribution >= 4 is 11.7 Å². The lowest BCUT2D eigenvalue weighted by molar-refractivity contribution is -0.116. The minimum Gasteiger partial charge on any atom is -0.497 e. The van der Waals surface area contributed by atoms with E-state index in [9.17, 15) is 4.79 Å². The number of anilines is 1. The topological polar surface area (TPSA) is 74.6 Å². The van der Waals surface area contributed by atoms with E-state index < -0.39 is 0 Å². The highest BCUT2D eigenvalue weighted by molar-refractivity contribution is 5.94. The summed E-state index contributed by atoms with van der Waals surface area (Å²) in [4.78, 5) is 12.6. The SMILES string of the molecule is CCOc1c(OC)cccc1C1CC(=O)Nc2c1cnn2-c1ccc(OC)cc1. The zero-order valence-corrected chi connectivity index (χ0v) is 16.6. The maximum atomic E-state index is 12.6. The lowest BCUT2D eigenvalue weighted by Gasteiger charge is -2.26. The Morgan fingerprint density at radius 2 is 1.90 bits per heavy atom. The van der Waals surface area contributed by atoms with Crippen molar-refractivity contribution in [2.75, 3.05) is 26.1 Å². The van der Waals surface area contributed by atoms with Gasteiger partial charge in [0, 0.05) is 23.5 Å². The molecule has 2 heterocycles. The molecule has 29 heavy (non-hydrogen) atoms. The lowest BCUT2D eigenvalue weighted by Crippen LogP contribution is -2.25. The van der Waals surface area contributed by atoms with Crippen molar-refractivity contribution in [2.24, 2.45) is 0 Å². The number of para-hydroxylation sites is 1. The summed E-state index contributed by atoms with van der Waals surface area (Å²) < 4.78 is 18.3. The molecule has 0 saturated carbocycles. The zero-order chi connectivity index (χ0) is 20.4. The average Bonchev–Trinajstić information content (AvgIpc) is 3.17. The van der Waals surface area contributed by atoms with Crippen molar-refractivity contribution in [3.8, 4) is 22.9 Å². The van der Waals surface area contributed by atoms with E-state index in [0.29, 0.717) is 30.3 Å². The van der Waals surface area contributed by atoms with Crippen LogP contribution in [0.1, 0.15) is 30.4 Å². The molecular weight excluding hydrogens is 370 g/mol. The molecule has 7 heteroatoms. The first-order chi connectivity index (χ1) is 14.2. The molecule has 1 N–H and O–H groups in total. The average molecular weight is 393 g/mol. The minimum absolute atomic E-state index is 0.0666. The Hall–Kier alpha value is -3.48. The van der Waals surface area contributed by atoms with Gasteiger partial charge in [0.25, 0.3) is 0 Å². The van der Waals surface area contributed by atoms with Crippen molar-refractivity contribution < 1.29 is 19.0 Å². The van der Waals surface area contributed by atoms with Crippen LogP contribution in [0.4, 0.5) is 5.82 Å². The van der Waals surface area contributed by atoms with Gasteiger partial charge >= 0.3 is 0 Å². The Bertz CT molecular complexity index is 1030. The second kappa shape index (κ2) is 7.87. The van der Waals surface area contributed by atoms with Gasteiger partial charge in [-0.1, -0.05) is 12.1 Å². The zero-order valence-electron chi connectivity index (χ0n) is 16.6. The van der Waals surface area contributed by atoms with Gasteiger partial charge in [0.2, 0.25) is 5.91 Å². The van der Waals surface area contributed by atoms with Crippen LogP contribution in [-0.2, 0) is 4.79 Å². The molecule has 1 atom stereocenters. The Morgan fingerprint density at radius 1 is 1.10 bits per heavy atom. The van der Waals surface area contributed by atoms with Crippen LogP contribution in [0.5, 0.6) is 17.2 Å².